The van der Waals surface area contributed by atoms with Crippen LogP contribution in [-0.4, -0.2) is 39.3 Å². The van der Waals surface area contributed by atoms with E-state index >= 15 is 0 Å². The van der Waals surface area contributed by atoms with Gasteiger partial charge in [-0.1, -0.05) is 55.5 Å². The highest BCUT2D eigenvalue weighted by Crippen LogP contribution is 2.32. The Bertz CT molecular complexity index is 573. The van der Waals surface area contributed by atoms with Crippen LogP contribution in [-0.2, 0) is 9.59 Å². The SMILES string of the molecule is CC[C@H]1C(=O)C[C@H](O)[C@@H]1/C=C/[C@H](O)C/C=C\C/C=C\C/C=C\CCC(=O)O. The van der Waals surface area contributed by atoms with E-state index in [1.54, 1.807) is 12.2 Å². The molecule has 0 aliphatic heterocycles. The summed E-state index contributed by atoms with van der Waals surface area (Å²) in [5, 5.41) is 28.5. The average molecular weight is 376 g/mol. The quantitative estimate of drug-likeness (QED) is 0.453. The van der Waals surface area contributed by atoms with Crippen LogP contribution in [0.1, 0.15) is 51.9 Å². The molecule has 1 aliphatic carbocycles. The van der Waals surface area contributed by atoms with Crippen LogP contribution < -0.4 is 0 Å². The molecule has 0 heterocycles. The Morgan fingerprint density at radius 2 is 1.78 bits per heavy atom. The number of aliphatic hydroxyl groups is 2. The van der Waals surface area contributed by atoms with Crippen molar-refractivity contribution in [2.24, 2.45) is 11.8 Å². The van der Waals surface area contributed by atoms with E-state index in [2.05, 4.69) is 0 Å². The lowest BCUT2D eigenvalue weighted by Crippen LogP contribution is -2.18. The molecule has 1 fully saturated rings. The van der Waals surface area contributed by atoms with Gasteiger partial charge in [-0.15, -0.1) is 0 Å². The second-order valence-electron chi connectivity index (χ2n) is 6.84. The van der Waals surface area contributed by atoms with E-state index in [0.717, 1.165) is 12.8 Å². The number of hydrogen-bond donors (Lipinski definition) is 3. The number of carboxylic acid groups (broad SMARTS) is 1. The first-order valence-electron chi connectivity index (χ1n) is 9.69. The zero-order valence-corrected chi connectivity index (χ0v) is 16.0. The summed E-state index contributed by atoms with van der Waals surface area (Å²) in [6.07, 6.45) is 17.6. The zero-order chi connectivity index (χ0) is 20.1. The molecule has 0 bridgehead atoms. The van der Waals surface area contributed by atoms with Crippen LogP contribution in [0.5, 0.6) is 0 Å². The van der Waals surface area contributed by atoms with Gasteiger partial charge in [-0.05, 0) is 32.1 Å². The van der Waals surface area contributed by atoms with Gasteiger partial charge in [-0.3, -0.25) is 9.59 Å². The Kier molecular flexibility index (Phi) is 11.3. The second kappa shape index (κ2) is 13.2. The van der Waals surface area contributed by atoms with E-state index in [1.807, 2.05) is 43.4 Å². The molecule has 0 aromatic carbocycles. The van der Waals surface area contributed by atoms with Crippen molar-refractivity contribution in [1.29, 1.82) is 0 Å². The molecular formula is C22H32O5. The van der Waals surface area contributed by atoms with Crippen molar-refractivity contribution in [3.05, 3.63) is 48.6 Å². The number of rotatable bonds is 12. The Morgan fingerprint density at radius 1 is 1.15 bits per heavy atom. The fraction of sp³-hybridized carbons (Fsp3) is 0.545. The van der Waals surface area contributed by atoms with Crippen molar-refractivity contribution >= 4 is 11.8 Å². The summed E-state index contributed by atoms with van der Waals surface area (Å²) in [6, 6.07) is 0. The van der Waals surface area contributed by atoms with Crippen LogP contribution in [0.25, 0.3) is 0 Å². The maximum Gasteiger partial charge on any atom is 0.303 e. The van der Waals surface area contributed by atoms with E-state index in [1.165, 1.54) is 0 Å². The van der Waals surface area contributed by atoms with Gasteiger partial charge in [0.1, 0.15) is 5.78 Å². The third kappa shape index (κ3) is 9.50. The summed E-state index contributed by atoms with van der Waals surface area (Å²) in [6.45, 7) is 1.94. The molecule has 150 valence electrons. The van der Waals surface area contributed by atoms with Gasteiger partial charge in [0.2, 0.25) is 0 Å². The van der Waals surface area contributed by atoms with Gasteiger partial charge in [0, 0.05) is 24.7 Å². The van der Waals surface area contributed by atoms with Gasteiger partial charge < -0.3 is 15.3 Å². The standard InChI is InChI=1S/C22H32O5/c1-2-18-19(21(25)16-20(18)24)15-14-17(23)12-10-8-6-4-3-5-7-9-11-13-22(26)27/h3-4,7-10,14-15,17-19,21,23,25H,2,5-6,11-13,16H2,1H3,(H,26,27)/b4-3-,9-7-,10-8-,15-14+/t17-,18-,19-,21+/m1/s1. The highest BCUT2D eigenvalue weighted by Gasteiger charge is 2.38. The number of aliphatic hydroxyl groups excluding tert-OH is 2. The van der Waals surface area contributed by atoms with Crippen LogP contribution in [0.4, 0.5) is 0 Å². The molecule has 1 rings (SSSR count). The summed E-state index contributed by atoms with van der Waals surface area (Å²) in [5.74, 6) is -0.997. The van der Waals surface area contributed by atoms with E-state index < -0.39 is 18.2 Å². The molecular weight excluding hydrogens is 344 g/mol. The molecule has 0 radical (unpaired) electrons. The Hall–Kier alpha value is -1.98. The largest absolute Gasteiger partial charge is 0.481 e. The number of hydrogen-bond acceptors (Lipinski definition) is 4. The van der Waals surface area contributed by atoms with Crippen molar-refractivity contribution in [2.45, 2.75) is 64.1 Å². The van der Waals surface area contributed by atoms with Gasteiger partial charge >= 0.3 is 5.97 Å². The summed E-state index contributed by atoms with van der Waals surface area (Å²) in [7, 11) is 0. The predicted molar refractivity (Wildman–Crippen MR) is 106 cm³/mol. The van der Waals surface area contributed by atoms with Crippen molar-refractivity contribution in [1.82, 2.24) is 0 Å². The second-order valence-corrected chi connectivity index (χ2v) is 6.84. The number of allylic oxidation sites excluding steroid dienone is 5. The van der Waals surface area contributed by atoms with Crippen molar-refractivity contribution in [3.63, 3.8) is 0 Å². The van der Waals surface area contributed by atoms with Crippen LogP contribution in [0, 0.1) is 11.8 Å². The lowest BCUT2D eigenvalue weighted by Gasteiger charge is -2.16. The highest BCUT2D eigenvalue weighted by atomic mass is 16.4. The Labute approximate surface area is 161 Å². The maximum atomic E-state index is 11.8. The molecule has 0 aromatic rings. The molecule has 0 unspecified atom stereocenters. The van der Waals surface area contributed by atoms with Crippen LogP contribution >= 0.6 is 0 Å². The normalized spacial score (nSPS) is 24.9. The monoisotopic (exact) mass is 376 g/mol. The molecule has 1 saturated carbocycles. The van der Waals surface area contributed by atoms with Crippen molar-refractivity contribution in [3.8, 4) is 0 Å². The third-order valence-electron chi connectivity index (χ3n) is 4.67. The molecule has 4 atom stereocenters. The van der Waals surface area contributed by atoms with E-state index in [9.17, 15) is 19.8 Å². The first-order chi connectivity index (χ1) is 13.0. The fourth-order valence-electron chi connectivity index (χ4n) is 3.18. The predicted octanol–water partition coefficient (Wildman–Crippen LogP) is 3.58. The van der Waals surface area contributed by atoms with Gasteiger partial charge in [-0.2, -0.15) is 0 Å². The first kappa shape index (κ1) is 23.1. The van der Waals surface area contributed by atoms with Crippen molar-refractivity contribution in [2.75, 3.05) is 0 Å². The lowest BCUT2D eigenvalue weighted by molar-refractivity contribution is -0.136. The van der Waals surface area contributed by atoms with Gasteiger partial charge in [-0.25, -0.2) is 0 Å². The number of ketones is 1. The van der Waals surface area contributed by atoms with Gasteiger partial charge in [0.05, 0.1) is 12.2 Å². The maximum absolute atomic E-state index is 11.8. The first-order valence-corrected chi connectivity index (χ1v) is 9.69. The summed E-state index contributed by atoms with van der Waals surface area (Å²) in [5.41, 5.74) is 0. The summed E-state index contributed by atoms with van der Waals surface area (Å²) < 4.78 is 0. The van der Waals surface area contributed by atoms with Crippen LogP contribution in [0.3, 0.4) is 0 Å². The molecule has 0 spiro atoms. The molecule has 5 heteroatoms. The van der Waals surface area contributed by atoms with Crippen molar-refractivity contribution < 1.29 is 24.9 Å². The topological polar surface area (TPSA) is 94.8 Å². The molecule has 0 aromatic heterocycles. The third-order valence-corrected chi connectivity index (χ3v) is 4.67. The number of carboxylic acids is 1. The Balaban J connectivity index is 2.22. The molecule has 3 N–H and O–H groups in total. The average Bonchev–Trinajstić information content (AvgIpc) is 2.90. The minimum absolute atomic E-state index is 0.109. The summed E-state index contributed by atoms with van der Waals surface area (Å²) in [4.78, 5) is 22.1. The Morgan fingerprint density at radius 3 is 2.41 bits per heavy atom. The minimum atomic E-state index is -0.782. The summed E-state index contributed by atoms with van der Waals surface area (Å²) >= 11 is 0. The van der Waals surface area contributed by atoms with Gasteiger partial charge in [0.25, 0.3) is 0 Å². The van der Waals surface area contributed by atoms with Gasteiger partial charge in [0.15, 0.2) is 0 Å². The highest BCUT2D eigenvalue weighted by molar-refractivity contribution is 5.84. The van der Waals surface area contributed by atoms with E-state index in [4.69, 9.17) is 5.11 Å². The van der Waals surface area contributed by atoms with Crippen LogP contribution in [0.15, 0.2) is 48.6 Å². The zero-order valence-electron chi connectivity index (χ0n) is 16.0. The fourth-order valence-corrected chi connectivity index (χ4v) is 3.18. The smallest absolute Gasteiger partial charge is 0.303 e. The lowest BCUT2D eigenvalue weighted by atomic mass is 9.91. The number of carbonyl (C=O) groups excluding carboxylic acids is 1. The number of aliphatic carboxylic acids is 1. The number of Topliss-reactive ketones (excluding diaryl/α,β-unsaturated/α-hetero) is 1. The molecule has 5 nitrogen and oxygen atoms in total. The minimum Gasteiger partial charge on any atom is -0.481 e. The van der Waals surface area contributed by atoms with E-state index in [-0.39, 0.29) is 30.5 Å². The molecule has 27 heavy (non-hydrogen) atoms. The molecule has 0 amide bonds. The van der Waals surface area contributed by atoms with Crippen LogP contribution in [0.2, 0.25) is 0 Å². The number of carbonyl (C=O) groups is 2. The molecule has 0 saturated heterocycles. The van der Waals surface area contributed by atoms with E-state index in [0.29, 0.717) is 19.3 Å². The molecule has 1 aliphatic rings.